The van der Waals surface area contributed by atoms with Crippen molar-refractivity contribution in [1.29, 1.82) is 0 Å². The summed E-state index contributed by atoms with van der Waals surface area (Å²) in [6.07, 6.45) is 1.67. The van der Waals surface area contributed by atoms with Crippen LogP contribution < -0.4 is 10.1 Å². The van der Waals surface area contributed by atoms with Gasteiger partial charge in [0.05, 0.1) is 6.10 Å². The number of ether oxygens (including phenoxy) is 1. The topological polar surface area (TPSA) is 64.4 Å². The summed E-state index contributed by atoms with van der Waals surface area (Å²) in [5.74, 6) is 0.349. The van der Waals surface area contributed by atoms with E-state index in [2.05, 4.69) is 10.3 Å². The zero-order valence-corrected chi connectivity index (χ0v) is 12.0. The van der Waals surface area contributed by atoms with E-state index >= 15 is 0 Å². The molecule has 0 aliphatic heterocycles. The van der Waals surface area contributed by atoms with E-state index in [1.807, 2.05) is 19.9 Å². The molecular weight excluding hydrogens is 280 g/mol. The molecule has 6 heteroatoms. The van der Waals surface area contributed by atoms with E-state index in [1.165, 1.54) is 12.1 Å². The van der Waals surface area contributed by atoms with Crippen molar-refractivity contribution in [2.24, 2.45) is 0 Å². The van der Waals surface area contributed by atoms with Gasteiger partial charge in [-0.05, 0) is 43.6 Å². The largest absolute Gasteiger partial charge is 0.475 e. The first kappa shape index (κ1) is 14.4. The second-order valence-corrected chi connectivity index (χ2v) is 4.79. The average molecular weight is 295 g/mol. The number of amides is 1. The Balaban J connectivity index is 2.02. The number of pyridine rings is 1. The Morgan fingerprint density at radius 2 is 2.25 bits per heavy atom. The third-order valence-electron chi connectivity index (χ3n) is 2.43. The van der Waals surface area contributed by atoms with Crippen LogP contribution in [0, 0.1) is 0 Å². The zero-order chi connectivity index (χ0) is 14.5. The van der Waals surface area contributed by atoms with Crippen molar-refractivity contribution in [1.82, 2.24) is 10.3 Å². The van der Waals surface area contributed by atoms with E-state index in [0.29, 0.717) is 12.4 Å². The summed E-state index contributed by atoms with van der Waals surface area (Å²) < 4.78 is 10.6. The van der Waals surface area contributed by atoms with E-state index in [4.69, 9.17) is 20.8 Å². The van der Waals surface area contributed by atoms with Crippen molar-refractivity contribution in [3.05, 3.63) is 47.0 Å². The summed E-state index contributed by atoms with van der Waals surface area (Å²) in [6, 6.07) is 6.68. The lowest BCUT2D eigenvalue weighted by molar-refractivity contribution is 0.0923. The molecule has 2 heterocycles. The van der Waals surface area contributed by atoms with Gasteiger partial charge in [-0.1, -0.05) is 6.07 Å². The lowest BCUT2D eigenvalue weighted by Gasteiger charge is -2.12. The summed E-state index contributed by atoms with van der Waals surface area (Å²) in [4.78, 5) is 16.0. The number of nitrogens with one attached hydrogen (secondary N) is 1. The quantitative estimate of drug-likeness (QED) is 0.920. The number of aromatic nitrogens is 1. The van der Waals surface area contributed by atoms with Crippen molar-refractivity contribution < 1.29 is 13.9 Å². The molecule has 1 N–H and O–H groups in total. The summed E-state index contributed by atoms with van der Waals surface area (Å²) >= 11 is 5.63. The van der Waals surface area contributed by atoms with Gasteiger partial charge in [-0.3, -0.25) is 4.79 Å². The fourth-order valence-corrected chi connectivity index (χ4v) is 1.73. The van der Waals surface area contributed by atoms with Crippen molar-refractivity contribution in [2.75, 3.05) is 0 Å². The maximum Gasteiger partial charge on any atom is 0.287 e. The minimum Gasteiger partial charge on any atom is -0.475 e. The van der Waals surface area contributed by atoms with Crippen LogP contribution >= 0.6 is 11.6 Å². The van der Waals surface area contributed by atoms with E-state index in [1.54, 1.807) is 12.3 Å². The Bertz CT molecular complexity index is 596. The third kappa shape index (κ3) is 3.74. The van der Waals surface area contributed by atoms with Crippen LogP contribution in [0.1, 0.15) is 30.0 Å². The van der Waals surface area contributed by atoms with Crippen molar-refractivity contribution in [2.45, 2.75) is 26.5 Å². The van der Waals surface area contributed by atoms with E-state index in [0.717, 1.165) is 5.56 Å². The van der Waals surface area contributed by atoms with Gasteiger partial charge >= 0.3 is 0 Å². The molecule has 0 aromatic carbocycles. The number of hydrogen-bond donors (Lipinski definition) is 1. The summed E-state index contributed by atoms with van der Waals surface area (Å²) in [5.41, 5.74) is 0.798. The molecule has 0 saturated carbocycles. The van der Waals surface area contributed by atoms with Gasteiger partial charge in [0.25, 0.3) is 5.91 Å². The highest BCUT2D eigenvalue weighted by atomic mass is 35.5. The van der Waals surface area contributed by atoms with E-state index < -0.39 is 0 Å². The number of rotatable bonds is 5. The van der Waals surface area contributed by atoms with E-state index in [-0.39, 0.29) is 23.0 Å². The Hall–Kier alpha value is -2.01. The predicted octanol–water partition coefficient (Wildman–Crippen LogP) is 3.05. The molecule has 0 spiro atoms. The Morgan fingerprint density at radius 1 is 1.45 bits per heavy atom. The molecule has 0 radical (unpaired) electrons. The van der Waals surface area contributed by atoms with Crippen molar-refractivity contribution >= 4 is 17.5 Å². The molecule has 2 rings (SSSR count). The number of carbonyl (C=O) groups is 1. The summed E-state index contributed by atoms with van der Waals surface area (Å²) in [6.45, 7) is 4.14. The normalized spacial score (nSPS) is 10.6. The minimum atomic E-state index is -0.337. The first-order valence-electron chi connectivity index (χ1n) is 6.20. The number of furan rings is 1. The van der Waals surface area contributed by atoms with Gasteiger partial charge in [-0.25, -0.2) is 4.98 Å². The predicted molar refractivity (Wildman–Crippen MR) is 74.9 cm³/mol. The van der Waals surface area contributed by atoms with Crippen molar-refractivity contribution in [3.8, 4) is 5.88 Å². The zero-order valence-electron chi connectivity index (χ0n) is 11.2. The minimum absolute atomic E-state index is 0.0169. The Labute approximate surface area is 121 Å². The Kier molecular flexibility index (Phi) is 4.63. The smallest absolute Gasteiger partial charge is 0.287 e. The van der Waals surface area contributed by atoms with Gasteiger partial charge in [-0.2, -0.15) is 0 Å². The molecule has 0 bridgehead atoms. The molecule has 0 aliphatic rings. The first-order chi connectivity index (χ1) is 9.56. The van der Waals surface area contributed by atoms with Gasteiger partial charge in [0.15, 0.2) is 11.0 Å². The molecule has 1 amide bonds. The molecule has 0 fully saturated rings. The van der Waals surface area contributed by atoms with Gasteiger partial charge in [0.1, 0.15) is 0 Å². The second kappa shape index (κ2) is 6.43. The highest BCUT2D eigenvalue weighted by Gasteiger charge is 2.12. The second-order valence-electron chi connectivity index (χ2n) is 4.42. The average Bonchev–Trinajstić information content (AvgIpc) is 2.83. The molecule has 20 heavy (non-hydrogen) atoms. The standard InChI is InChI=1S/C14H15ClN2O3/c1-9(2)19-14-10(4-3-7-16-14)8-17-13(18)11-5-6-12(15)20-11/h3-7,9H,8H2,1-2H3,(H,17,18). The van der Waals surface area contributed by atoms with Crippen LogP contribution in [-0.4, -0.2) is 17.0 Å². The van der Waals surface area contributed by atoms with Crippen LogP contribution in [0.3, 0.4) is 0 Å². The van der Waals surface area contributed by atoms with Gasteiger partial charge in [-0.15, -0.1) is 0 Å². The fourth-order valence-electron chi connectivity index (χ4n) is 1.59. The van der Waals surface area contributed by atoms with Crippen LogP contribution in [0.4, 0.5) is 0 Å². The number of nitrogens with zero attached hydrogens (tertiary/aromatic N) is 1. The molecule has 0 saturated heterocycles. The maximum atomic E-state index is 11.8. The van der Waals surface area contributed by atoms with Crippen LogP contribution in [-0.2, 0) is 6.54 Å². The molecular formula is C14H15ClN2O3. The molecule has 106 valence electrons. The maximum absolute atomic E-state index is 11.8. The van der Waals surface area contributed by atoms with Crippen LogP contribution in [0.5, 0.6) is 5.88 Å². The molecule has 0 atom stereocenters. The number of hydrogen-bond acceptors (Lipinski definition) is 4. The van der Waals surface area contributed by atoms with Crippen LogP contribution in [0.25, 0.3) is 0 Å². The van der Waals surface area contributed by atoms with Gasteiger partial charge in [0, 0.05) is 18.3 Å². The highest BCUT2D eigenvalue weighted by Crippen LogP contribution is 2.16. The molecule has 0 unspecified atom stereocenters. The summed E-state index contributed by atoms with van der Waals surface area (Å²) in [5, 5.41) is 2.91. The highest BCUT2D eigenvalue weighted by molar-refractivity contribution is 6.29. The monoisotopic (exact) mass is 294 g/mol. The van der Waals surface area contributed by atoms with Crippen LogP contribution in [0.2, 0.25) is 5.22 Å². The van der Waals surface area contributed by atoms with Gasteiger partial charge < -0.3 is 14.5 Å². The third-order valence-corrected chi connectivity index (χ3v) is 2.64. The summed E-state index contributed by atoms with van der Waals surface area (Å²) in [7, 11) is 0. The molecule has 0 aliphatic carbocycles. The van der Waals surface area contributed by atoms with Gasteiger partial charge in [0.2, 0.25) is 5.88 Å². The first-order valence-corrected chi connectivity index (χ1v) is 6.58. The lowest BCUT2D eigenvalue weighted by Crippen LogP contribution is -2.23. The lowest BCUT2D eigenvalue weighted by atomic mass is 10.2. The Morgan fingerprint density at radius 3 is 2.90 bits per heavy atom. The SMILES string of the molecule is CC(C)Oc1ncccc1CNC(=O)c1ccc(Cl)o1. The molecule has 2 aromatic heterocycles. The fraction of sp³-hybridized carbons (Fsp3) is 0.286. The van der Waals surface area contributed by atoms with Crippen molar-refractivity contribution in [3.63, 3.8) is 0 Å². The number of carbonyl (C=O) groups excluding carboxylic acids is 1. The number of halogens is 1. The molecule has 2 aromatic rings. The molecule has 5 nitrogen and oxygen atoms in total. The van der Waals surface area contributed by atoms with Crippen LogP contribution in [0.15, 0.2) is 34.9 Å². The van der Waals surface area contributed by atoms with E-state index in [9.17, 15) is 4.79 Å².